The van der Waals surface area contributed by atoms with Gasteiger partial charge in [-0.1, -0.05) is 0 Å². The van der Waals surface area contributed by atoms with Crippen molar-refractivity contribution >= 4 is 23.4 Å². The number of anilines is 1. The zero-order chi connectivity index (χ0) is 21.7. The normalized spacial score (nSPS) is 20.1. The van der Waals surface area contributed by atoms with Crippen LogP contribution in [0.15, 0.2) is 24.3 Å². The van der Waals surface area contributed by atoms with E-state index in [4.69, 9.17) is 0 Å². The second kappa shape index (κ2) is 10.0. The highest BCUT2D eigenvalue weighted by atomic mass is 16.2. The zero-order valence-electron chi connectivity index (χ0n) is 18.3. The lowest BCUT2D eigenvalue weighted by atomic mass is 10.1. The number of amides is 3. The van der Waals surface area contributed by atoms with E-state index in [0.29, 0.717) is 24.3 Å². The fourth-order valence-electron chi connectivity index (χ4n) is 3.87. The van der Waals surface area contributed by atoms with E-state index in [9.17, 15) is 14.4 Å². The Kier molecular flexibility index (Phi) is 7.44. The Bertz CT molecular complexity index is 757. The second-order valence-corrected chi connectivity index (χ2v) is 8.56. The third kappa shape index (κ3) is 5.79. The minimum atomic E-state index is -0.330. The van der Waals surface area contributed by atoms with Gasteiger partial charge in [0.05, 0.1) is 5.92 Å². The first kappa shape index (κ1) is 22.2. The predicted octanol–water partition coefficient (Wildman–Crippen LogP) is 0.813. The molecule has 1 N–H and O–H groups in total. The maximum absolute atomic E-state index is 12.6. The van der Waals surface area contributed by atoms with E-state index in [-0.39, 0.29) is 30.1 Å². The molecular formula is C22H33N5O3. The summed E-state index contributed by atoms with van der Waals surface area (Å²) in [6.45, 7) is 5.29. The summed E-state index contributed by atoms with van der Waals surface area (Å²) < 4.78 is 0. The summed E-state index contributed by atoms with van der Waals surface area (Å²) in [5.74, 6) is -0.405. The van der Waals surface area contributed by atoms with Gasteiger partial charge in [-0.3, -0.25) is 14.4 Å². The zero-order valence-corrected chi connectivity index (χ0v) is 18.3. The molecule has 1 aromatic carbocycles. The van der Waals surface area contributed by atoms with Crippen LogP contribution in [0.25, 0.3) is 0 Å². The number of likely N-dealkylation sites (N-methyl/N-ethyl adjacent to an activating group) is 1. The number of carbonyl (C=O) groups is 3. The molecule has 2 saturated heterocycles. The number of hydrogen-bond donors (Lipinski definition) is 1. The van der Waals surface area contributed by atoms with E-state index in [1.807, 2.05) is 19.0 Å². The van der Waals surface area contributed by atoms with Crippen LogP contribution in [-0.4, -0.2) is 104 Å². The highest BCUT2D eigenvalue weighted by Crippen LogP contribution is 2.21. The molecule has 30 heavy (non-hydrogen) atoms. The molecule has 1 atom stereocenters. The Hall–Kier alpha value is -2.45. The molecule has 2 aliphatic rings. The largest absolute Gasteiger partial charge is 0.342 e. The Morgan fingerprint density at radius 1 is 1.10 bits per heavy atom. The third-order valence-electron chi connectivity index (χ3n) is 5.81. The van der Waals surface area contributed by atoms with Gasteiger partial charge in [0.2, 0.25) is 11.8 Å². The van der Waals surface area contributed by atoms with Gasteiger partial charge < -0.3 is 24.9 Å². The van der Waals surface area contributed by atoms with E-state index < -0.39 is 0 Å². The van der Waals surface area contributed by atoms with Crippen molar-refractivity contribution in [2.45, 2.75) is 12.8 Å². The lowest BCUT2D eigenvalue weighted by Gasteiger charge is -2.32. The summed E-state index contributed by atoms with van der Waals surface area (Å²) in [6, 6.07) is 7.02. The standard InChI is InChI=1S/C22H33N5O3/c1-24(2)9-4-10-27-16-18(15-20(27)28)21(29)23-19-7-5-17(6-8-19)22(30)26-13-11-25(3)12-14-26/h5-8,18H,4,9-16H2,1-3H3,(H,23,29). The smallest absolute Gasteiger partial charge is 0.253 e. The fourth-order valence-corrected chi connectivity index (χ4v) is 3.87. The number of benzene rings is 1. The molecule has 0 radical (unpaired) electrons. The van der Waals surface area contributed by atoms with Crippen LogP contribution < -0.4 is 5.32 Å². The van der Waals surface area contributed by atoms with Crippen LogP contribution in [-0.2, 0) is 9.59 Å². The summed E-state index contributed by atoms with van der Waals surface area (Å²) >= 11 is 0. The summed E-state index contributed by atoms with van der Waals surface area (Å²) in [4.78, 5) is 45.4. The molecule has 0 spiro atoms. The van der Waals surface area contributed by atoms with Crippen molar-refractivity contribution < 1.29 is 14.4 Å². The van der Waals surface area contributed by atoms with Gasteiger partial charge in [-0.25, -0.2) is 0 Å². The van der Waals surface area contributed by atoms with Gasteiger partial charge in [0.25, 0.3) is 5.91 Å². The van der Waals surface area contributed by atoms with Gasteiger partial charge in [0, 0.05) is 56.9 Å². The summed E-state index contributed by atoms with van der Waals surface area (Å²) in [7, 11) is 6.07. The number of rotatable bonds is 7. The summed E-state index contributed by atoms with van der Waals surface area (Å²) in [6.07, 6.45) is 1.16. The molecule has 1 unspecified atom stereocenters. The predicted molar refractivity (Wildman–Crippen MR) is 116 cm³/mol. The Morgan fingerprint density at radius 2 is 1.77 bits per heavy atom. The molecule has 2 fully saturated rings. The van der Waals surface area contributed by atoms with E-state index in [0.717, 1.165) is 39.1 Å². The summed E-state index contributed by atoms with van der Waals surface area (Å²) in [5.41, 5.74) is 1.27. The van der Waals surface area contributed by atoms with Crippen LogP contribution in [0.4, 0.5) is 5.69 Å². The van der Waals surface area contributed by atoms with E-state index >= 15 is 0 Å². The maximum atomic E-state index is 12.6. The highest BCUT2D eigenvalue weighted by Gasteiger charge is 2.34. The van der Waals surface area contributed by atoms with Crippen LogP contribution in [0.2, 0.25) is 0 Å². The van der Waals surface area contributed by atoms with Gasteiger partial charge in [-0.05, 0) is 58.4 Å². The topological polar surface area (TPSA) is 76.2 Å². The molecule has 1 aromatic rings. The van der Waals surface area contributed by atoms with Crippen LogP contribution in [0.1, 0.15) is 23.2 Å². The number of nitrogens with one attached hydrogen (secondary N) is 1. The van der Waals surface area contributed by atoms with Gasteiger partial charge in [-0.2, -0.15) is 0 Å². The first-order valence-corrected chi connectivity index (χ1v) is 10.6. The van der Waals surface area contributed by atoms with Crippen molar-refractivity contribution in [3.63, 3.8) is 0 Å². The fraction of sp³-hybridized carbons (Fsp3) is 0.591. The van der Waals surface area contributed by atoms with Crippen LogP contribution in [0, 0.1) is 5.92 Å². The van der Waals surface area contributed by atoms with Crippen LogP contribution in [0.5, 0.6) is 0 Å². The van der Waals surface area contributed by atoms with Crippen molar-refractivity contribution in [2.75, 3.05) is 72.3 Å². The molecule has 8 nitrogen and oxygen atoms in total. The third-order valence-corrected chi connectivity index (χ3v) is 5.81. The highest BCUT2D eigenvalue weighted by molar-refractivity contribution is 5.98. The minimum Gasteiger partial charge on any atom is -0.342 e. The van der Waals surface area contributed by atoms with Gasteiger partial charge in [0.1, 0.15) is 0 Å². The summed E-state index contributed by atoms with van der Waals surface area (Å²) in [5, 5.41) is 2.89. The molecule has 0 aromatic heterocycles. The van der Waals surface area contributed by atoms with Gasteiger partial charge in [0.15, 0.2) is 0 Å². The molecule has 2 heterocycles. The number of carbonyl (C=O) groups excluding carboxylic acids is 3. The molecule has 3 amide bonds. The molecule has 8 heteroatoms. The molecular weight excluding hydrogens is 382 g/mol. The molecule has 2 aliphatic heterocycles. The van der Waals surface area contributed by atoms with Crippen molar-refractivity contribution in [3.8, 4) is 0 Å². The molecule has 0 aliphatic carbocycles. The van der Waals surface area contributed by atoms with Gasteiger partial charge >= 0.3 is 0 Å². The van der Waals surface area contributed by atoms with E-state index in [2.05, 4.69) is 22.2 Å². The number of likely N-dealkylation sites (tertiary alicyclic amines) is 1. The minimum absolute atomic E-state index is 0.0238. The Morgan fingerprint density at radius 3 is 2.40 bits per heavy atom. The quantitative estimate of drug-likeness (QED) is 0.713. The molecule has 0 bridgehead atoms. The van der Waals surface area contributed by atoms with E-state index in [1.165, 1.54) is 0 Å². The van der Waals surface area contributed by atoms with Crippen LogP contribution >= 0.6 is 0 Å². The second-order valence-electron chi connectivity index (χ2n) is 8.56. The van der Waals surface area contributed by atoms with Crippen LogP contribution in [0.3, 0.4) is 0 Å². The SMILES string of the molecule is CN(C)CCCN1CC(C(=O)Nc2ccc(C(=O)N3CCN(C)CC3)cc2)CC1=O. The molecule has 164 valence electrons. The van der Waals surface area contributed by atoms with Crippen molar-refractivity contribution in [1.29, 1.82) is 0 Å². The molecule has 3 rings (SSSR count). The number of hydrogen-bond acceptors (Lipinski definition) is 5. The van der Waals surface area contributed by atoms with E-state index in [1.54, 1.807) is 29.2 Å². The number of nitrogens with zero attached hydrogens (tertiary/aromatic N) is 4. The van der Waals surface area contributed by atoms with Crippen molar-refractivity contribution in [1.82, 2.24) is 19.6 Å². The Balaban J connectivity index is 1.50. The van der Waals surface area contributed by atoms with Crippen molar-refractivity contribution in [2.24, 2.45) is 5.92 Å². The number of piperazine rings is 1. The first-order chi connectivity index (χ1) is 14.3. The Labute approximate surface area is 178 Å². The van der Waals surface area contributed by atoms with Crippen molar-refractivity contribution in [3.05, 3.63) is 29.8 Å². The lowest BCUT2D eigenvalue weighted by molar-refractivity contribution is -0.128. The maximum Gasteiger partial charge on any atom is 0.253 e. The van der Waals surface area contributed by atoms with Gasteiger partial charge in [-0.15, -0.1) is 0 Å². The average Bonchev–Trinajstić information content (AvgIpc) is 3.09. The first-order valence-electron chi connectivity index (χ1n) is 10.6. The average molecular weight is 416 g/mol. The lowest BCUT2D eigenvalue weighted by Crippen LogP contribution is -2.47. The monoisotopic (exact) mass is 415 g/mol. The molecule has 0 saturated carbocycles.